The predicted octanol–water partition coefficient (Wildman–Crippen LogP) is 0.729. The van der Waals surface area contributed by atoms with Gasteiger partial charge in [-0.3, -0.25) is 5.32 Å². The van der Waals surface area contributed by atoms with Gasteiger partial charge in [0.2, 0.25) is 0 Å². The molecular formula is C9H19NO2. The Morgan fingerprint density at radius 2 is 2.42 bits per heavy atom. The van der Waals surface area contributed by atoms with Crippen LogP contribution in [0, 0.1) is 5.92 Å². The summed E-state index contributed by atoms with van der Waals surface area (Å²) in [4.78, 5) is 0. The quantitative estimate of drug-likeness (QED) is 0.658. The van der Waals surface area contributed by atoms with Crippen molar-refractivity contribution in [3.05, 3.63) is 0 Å². The van der Waals surface area contributed by atoms with E-state index in [1.165, 1.54) is 6.42 Å². The number of hydrogen-bond donors (Lipinski definition) is 2. The van der Waals surface area contributed by atoms with Crippen LogP contribution >= 0.6 is 0 Å². The van der Waals surface area contributed by atoms with Crippen LogP contribution in [-0.4, -0.2) is 30.6 Å². The second kappa shape index (κ2) is 4.80. The van der Waals surface area contributed by atoms with Gasteiger partial charge in [-0.25, -0.2) is 0 Å². The fraction of sp³-hybridized carbons (Fsp3) is 1.00. The number of aliphatic hydroxyl groups is 1. The molecule has 0 aromatic rings. The third kappa shape index (κ3) is 2.73. The van der Waals surface area contributed by atoms with E-state index in [1.807, 2.05) is 0 Å². The zero-order chi connectivity index (χ0) is 8.97. The lowest BCUT2D eigenvalue weighted by Crippen LogP contribution is -2.33. The maximum atomic E-state index is 8.83. The van der Waals surface area contributed by atoms with Crippen molar-refractivity contribution >= 4 is 0 Å². The fourth-order valence-electron chi connectivity index (χ4n) is 1.37. The van der Waals surface area contributed by atoms with Crippen LogP contribution < -0.4 is 5.32 Å². The van der Waals surface area contributed by atoms with Crippen LogP contribution in [0.5, 0.6) is 0 Å². The first kappa shape index (κ1) is 9.96. The van der Waals surface area contributed by atoms with Crippen LogP contribution in [0.15, 0.2) is 0 Å². The summed E-state index contributed by atoms with van der Waals surface area (Å²) in [6.07, 6.45) is 2.40. The molecule has 0 radical (unpaired) electrons. The van der Waals surface area contributed by atoms with E-state index < -0.39 is 0 Å². The highest BCUT2D eigenvalue weighted by molar-refractivity contribution is 4.75. The SMILES string of the molecule is CCC(C)CC1NC(CO)CO1. The first-order chi connectivity index (χ1) is 5.76. The molecule has 0 aliphatic carbocycles. The van der Waals surface area contributed by atoms with Gasteiger partial charge < -0.3 is 9.84 Å². The van der Waals surface area contributed by atoms with E-state index in [2.05, 4.69) is 19.2 Å². The largest absolute Gasteiger partial charge is 0.395 e. The third-order valence-corrected chi connectivity index (χ3v) is 2.45. The van der Waals surface area contributed by atoms with Crippen LogP contribution in [0.4, 0.5) is 0 Å². The lowest BCUT2D eigenvalue weighted by molar-refractivity contribution is 0.0797. The molecule has 3 nitrogen and oxygen atoms in total. The summed E-state index contributed by atoms with van der Waals surface area (Å²) in [6, 6.07) is 0.152. The number of rotatable bonds is 4. The van der Waals surface area contributed by atoms with E-state index in [0.717, 1.165) is 6.42 Å². The predicted molar refractivity (Wildman–Crippen MR) is 47.8 cm³/mol. The van der Waals surface area contributed by atoms with E-state index in [9.17, 15) is 0 Å². The molecule has 0 saturated carbocycles. The summed E-state index contributed by atoms with van der Waals surface area (Å²) in [7, 11) is 0. The second-order valence-corrected chi connectivity index (χ2v) is 3.62. The lowest BCUT2D eigenvalue weighted by atomic mass is 10.0. The molecule has 0 amide bonds. The Labute approximate surface area is 74.1 Å². The maximum Gasteiger partial charge on any atom is 0.108 e. The molecule has 0 aromatic carbocycles. The van der Waals surface area contributed by atoms with E-state index in [1.54, 1.807) is 0 Å². The highest BCUT2D eigenvalue weighted by atomic mass is 16.5. The van der Waals surface area contributed by atoms with Gasteiger partial charge in [0.05, 0.1) is 19.3 Å². The minimum atomic E-state index is 0.152. The van der Waals surface area contributed by atoms with Crippen molar-refractivity contribution in [3.63, 3.8) is 0 Å². The molecule has 1 fully saturated rings. The molecule has 3 atom stereocenters. The normalized spacial score (nSPS) is 32.2. The average molecular weight is 173 g/mol. The van der Waals surface area contributed by atoms with Crippen LogP contribution in [0.1, 0.15) is 26.7 Å². The van der Waals surface area contributed by atoms with Gasteiger partial charge in [0.25, 0.3) is 0 Å². The van der Waals surface area contributed by atoms with Crippen molar-refractivity contribution < 1.29 is 9.84 Å². The Kier molecular flexibility index (Phi) is 3.98. The van der Waals surface area contributed by atoms with Gasteiger partial charge in [0.15, 0.2) is 0 Å². The van der Waals surface area contributed by atoms with E-state index in [0.29, 0.717) is 12.5 Å². The van der Waals surface area contributed by atoms with Crippen molar-refractivity contribution in [3.8, 4) is 0 Å². The molecule has 72 valence electrons. The minimum Gasteiger partial charge on any atom is -0.395 e. The standard InChI is InChI=1S/C9H19NO2/c1-3-7(2)4-9-10-8(5-11)6-12-9/h7-11H,3-6H2,1-2H3. The fourth-order valence-corrected chi connectivity index (χ4v) is 1.37. The number of aliphatic hydroxyl groups excluding tert-OH is 1. The molecule has 1 rings (SSSR count). The van der Waals surface area contributed by atoms with Crippen molar-refractivity contribution in [1.82, 2.24) is 5.32 Å². The van der Waals surface area contributed by atoms with E-state index in [4.69, 9.17) is 9.84 Å². The van der Waals surface area contributed by atoms with Crippen LogP contribution in [-0.2, 0) is 4.74 Å². The molecule has 1 aliphatic rings. The Morgan fingerprint density at radius 1 is 1.67 bits per heavy atom. The topological polar surface area (TPSA) is 41.5 Å². The molecule has 0 bridgehead atoms. The summed E-state index contributed by atoms with van der Waals surface area (Å²) < 4.78 is 5.46. The highest BCUT2D eigenvalue weighted by Gasteiger charge is 2.24. The number of ether oxygens (including phenoxy) is 1. The molecule has 1 heterocycles. The number of nitrogens with one attached hydrogen (secondary N) is 1. The molecular weight excluding hydrogens is 154 g/mol. The third-order valence-electron chi connectivity index (χ3n) is 2.45. The van der Waals surface area contributed by atoms with Crippen molar-refractivity contribution in [2.45, 2.75) is 39.0 Å². The summed E-state index contributed by atoms with van der Waals surface area (Å²) >= 11 is 0. The van der Waals surface area contributed by atoms with Gasteiger partial charge in [-0.1, -0.05) is 20.3 Å². The molecule has 1 saturated heterocycles. The lowest BCUT2D eigenvalue weighted by Gasteiger charge is -2.14. The zero-order valence-corrected chi connectivity index (χ0v) is 7.92. The molecule has 3 heteroatoms. The first-order valence-electron chi connectivity index (χ1n) is 4.74. The van der Waals surface area contributed by atoms with Gasteiger partial charge in [0.1, 0.15) is 6.23 Å². The molecule has 2 N–H and O–H groups in total. The first-order valence-corrected chi connectivity index (χ1v) is 4.74. The van der Waals surface area contributed by atoms with Crippen molar-refractivity contribution in [2.24, 2.45) is 5.92 Å². The van der Waals surface area contributed by atoms with E-state index in [-0.39, 0.29) is 18.9 Å². The molecule has 0 spiro atoms. The highest BCUT2D eigenvalue weighted by Crippen LogP contribution is 2.14. The van der Waals surface area contributed by atoms with Crippen LogP contribution in [0.25, 0.3) is 0 Å². The van der Waals surface area contributed by atoms with Gasteiger partial charge in [0, 0.05) is 0 Å². The Balaban J connectivity index is 2.18. The molecule has 3 unspecified atom stereocenters. The van der Waals surface area contributed by atoms with Crippen molar-refractivity contribution in [2.75, 3.05) is 13.2 Å². The minimum absolute atomic E-state index is 0.152. The van der Waals surface area contributed by atoms with Gasteiger partial charge in [-0.05, 0) is 12.3 Å². The smallest absolute Gasteiger partial charge is 0.108 e. The van der Waals surface area contributed by atoms with Gasteiger partial charge in [-0.2, -0.15) is 0 Å². The van der Waals surface area contributed by atoms with Gasteiger partial charge >= 0.3 is 0 Å². The molecule has 0 aromatic heterocycles. The average Bonchev–Trinajstić information content (AvgIpc) is 2.52. The Bertz CT molecular complexity index is 130. The van der Waals surface area contributed by atoms with Crippen LogP contribution in [0.2, 0.25) is 0 Å². The molecule has 1 aliphatic heterocycles. The zero-order valence-electron chi connectivity index (χ0n) is 7.92. The summed E-state index contributed by atoms with van der Waals surface area (Å²) in [5, 5.41) is 12.1. The summed E-state index contributed by atoms with van der Waals surface area (Å²) in [6.45, 7) is 5.23. The maximum absolute atomic E-state index is 8.83. The summed E-state index contributed by atoms with van der Waals surface area (Å²) in [5.74, 6) is 0.694. The van der Waals surface area contributed by atoms with Crippen molar-refractivity contribution in [1.29, 1.82) is 0 Å². The Morgan fingerprint density at radius 3 is 2.92 bits per heavy atom. The van der Waals surface area contributed by atoms with Crippen LogP contribution in [0.3, 0.4) is 0 Å². The monoisotopic (exact) mass is 173 g/mol. The number of hydrogen-bond acceptors (Lipinski definition) is 3. The van der Waals surface area contributed by atoms with Gasteiger partial charge in [-0.15, -0.1) is 0 Å². The Hall–Kier alpha value is -0.120. The van der Waals surface area contributed by atoms with E-state index >= 15 is 0 Å². The molecule has 12 heavy (non-hydrogen) atoms. The summed E-state index contributed by atoms with van der Waals surface area (Å²) in [5.41, 5.74) is 0. The second-order valence-electron chi connectivity index (χ2n) is 3.62.